The maximum atomic E-state index is 10.5. The molecule has 0 bridgehead atoms. The minimum atomic E-state index is -0.185. The summed E-state index contributed by atoms with van der Waals surface area (Å²) in [5.74, 6) is -0.185. The van der Waals surface area contributed by atoms with Gasteiger partial charge in [0.25, 0.3) is 0 Å². The molecule has 13 heavy (non-hydrogen) atoms. The summed E-state index contributed by atoms with van der Waals surface area (Å²) in [7, 11) is 0. The van der Waals surface area contributed by atoms with Crippen molar-refractivity contribution >= 4 is 11.6 Å². The molecule has 0 saturated carbocycles. The molecule has 1 rings (SSSR count). The topological polar surface area (TPSA) is 54.4 Å². The van der Waals surface area contributed by atoms with Gasteiger partial charge in [-0.15, -0.1) is 0 Å². The third kappa shape index (κ3) is 3.02. The van der Waals surface area contributed by atoms with Gasteiger partial charge in [0.2, 0.25) is 5.91 Å². The number of amides is 1. The van der Waals surface area contributed by atoms with Crippen LogP contribution >= 0.6 is 0 Å². The van der Waals surface area contributed by atoms with E-state index in [0.29, 0.717) is 5.71 Å². The van der Waals surface area contributed by atoms with Crippen LogP contribution < -0.4 is 5.43 Å². The van der Waals surface area contributed by atoms with Crippen molar-refractivity contribution in [3.05, 3.63) is 30.1 Å². The number of aromatic nitrogens is 1. The van der Waals surface area contributed by atoms with Crippen LogP contribution in [0.15, 0.2) is 29.5 Å². The smallest absolute Gasteiger partial charge is 0.236 e. The van der Waals surface area contributed by atoms with E-state index in [9.17, 15) is 4.79 Å². The van der Waals surface area contributed by atoms with Crippen LogP contribution in [0.1, 0.15) is 19.5 Å². The Morgan fingerprint density at radius 2 is 2.23 bits per heavy atom. The first-order valence-corrected chi connectivity index (χ1v) is 3.92. The highest BCUT2D eigenvalue weighted by Gasteiger charge is 1.96. The van der Waals surface area contributed by atoms with Crippen LogP contribution in [0.25, 0.3) is 0 Å². The van der Waals surface area contributed by atoms with E-state index >= 15 is 0 Å². The molecule has 0 atom stereocenters. The molecule has 68 valence electrons. The summed E-state index contributed by atoms with van der Waals surface area (Å²) >= 11 is 0. The van der Waals surface area contributed by atoms with Crippen molar-refractivity contribution in [1.29, 1.82) is 0 Å². The molecular formula is C9H11N3O. The van der Waals surface area contributed by atoms with Gasteiger partial charge in [-0.2, -0.15) is 5.10 Å². The zero-order chi connectivity index (χ0) is 9.68. The van der Waals surface area contributed by atoms with Gasteiger partial charge in [-0.1, -0.05) is 6.07 Å². The van der Waals surface area contributed by atoms with E-state index in [4.69, 9.17) is 0 Å². The minimum Gasteiger partial charge on any atom is -0.274 e. The average Bonchev–Trinajstić information content (AvgIpc) is 2.15. The maximum absolute atomic E-state index is 10.5. The number of hydrazone groups is 1. The average molecular weight is 177 g/mol. The molecule has 1 N–H and O–H groups in total. The molecule has 1 aromatic heterocycles. The van der Waals surface area contributed by atoms with Crippen LogP contribution in [-0.2, 0) is 4.79 Å². The molecule has 0 aliphatic carbocycles. The van der Waals surface area contributed by atoms with E-state index in [1.165, 1.54) is 6.92 Å². The lowest BCUT2D eigenvalue weighted by atomic mass is 10.3. The second kappa shape index (κ2) is 4.35. The van der Waals surface area contributed by atoms with Gasteiger partial charge in [0.05, 0.1) is 11.4 Å². The van der Waals surface area contributed by atoms with Crippen LogP contribution in [0.2, 0.25) is 0 Å². The van der Waals surface area contributed by atoms with Crippen LogP contribution in [0.4, 0.5) is 0 Å². The SMILES string of the molecule is CC(=O)N/N=C(/C)c1ccccn1. The zero-order valence-electron chi connectivity index (χ0n) is 7.61. The quantitative estimate of drug-likeness (QED) is 0.540. The lowest BCUT2D eigenvalue weighted by Gasteiger charge is -1.98. The Bertz CT molecular complexity index is 319. The predicted octanol–water partition coefficient (Wildman–Crippen LogP) is 0.942. The molecule has 1 heterocycles. The third-order valence-electron chi connectivity index (χ3n) is 1.42. The Balaban J connectivity index is 2.73. The second-order valence-corrected chi connectivity index (χ2v) is 2.58. The molecular weight excluding hydrogens is 166 g/mol. The Morgan fingerprint density at radius 3 is 2.77 bits per heavy atom. The van der Waals surface area contributed by atoms with Crippen LogP contribution in [0.5, 0.6) is 0 Å². The molecule has 0 fully saturated rings. The number of rotatable bonds is 2. The number of nitrogens with one attached hydrogen (secondary N) is 1. The molecule has 4 nitrogen and oxygen atoms in total. The van der Waals surface area contributed by atoms with Gasteiger partial charge < -0.3 is 0 Å². The molecule has 0 saturated heterocycles. The van der Waals surface area contributed by atoms with E-state index in [1.807, 2.05) is 18.2 Å². The standard InChI is InChI=1S/C9H11N3O/c1-7(11-12-8(2)13)9-5-3-4-6-10-9/h3-6H,1-2H3,(H,12,13)/b11-7-. The van der Waals surface area contributed by atoms with Gasteiger partial charge in [0.15, 0.2) is 0 Å². The van der Waals surface area contributed by atoms with Crippen molar-refractivity contribution < 1.29 is 4.79 Å². The second-order valence-electron chi connectivity index (χ2n) is 2.58. The van der Waals surface area contributed by atoms with Gasteiger partial charge in [-0.25, -0.2) is 5.43 Å². The first-order chi connectivity index (χ1) is 6.20. The summed E-state index contributed by atoms with van der Waals surface area (Å²) in [5.41, 5.74) is 3.80. The van der Waals surface area contributed by atoms with Gasteiger partial charge >= 0.3 is 0 Å². The van der Waals surface area contributed by atoms with Crippen molar-refractivity contribution in [1.82, 2.24) is 10.4 Å². The van der Waals surface area contributed by atoms with Crippen LogP contribution in [0.3, 0.4) is 0 Å². The highest BCUT2D eigenvalue weighted by atomic mass is 16.2. The fourth-order valence-corrected chi connectivity index (χ4v) is 0.797. The first kappa shape index (κ1) is 9.38. The lowest BCUT2D eigenvalue weighted by Crippen LogP contribution is -2.15. The predicted molar refractivity (Wildman–Crippen MR) is 50.3 cm³/mol. The Kier molecular flexibility index (Phi) is 3.14. The van der Waals surface area contributed by atoms with Crippen molar-refractivity contribution in [3.63, 3.8) is 0 Å². The number of hydrogen-bond donors (Lipinski definition) is 1. The van der Waals surface area contributed by atoms with E-state index in [0.717, 1.165) is 5.69 Å². The summed E-state index contributed by atoms with van der Waals surface area (Å²) in [6.45, 7) is 3.20. The monoisotopic (exact) mass is 177 g/mol. The van der Waals surface area contributed by atoms with Crippen molar-refractivity contribution in [2.75, 3.05) is 0 Å². The summed E-state index contributed by atoms with van der Waals surface area (Å²) in [4.78, 5) is 14.6. The molecule has 1 amide bonds. The number of hydrogen-bond acceptors (Lipinski definition) is 3. The van der Waals surface area contributed by atoms with Gasteiger partial charge in [-0.05, 0) is 19.1 Å². The highest BCUT2D eigenvalue weighted by molar-refractivity contribution is 5.97. The number of carbonyl (C=O) groups excluding carboxylic acids is 1. The summed E-state index contributed by atoms with van der Waals surface area (Å²) in [6, 6.07) is 5.53. The largest absolute Gasteiger partial charge is 0.274 e. The molecule has 4 heteroatoms. The van der Waals surface area contributed by atoms with E-state index in [-0.39, 0.29) is 5.91 Å². The third-order valence-corrected chi connectivity index (χ3v) is 1.42. The lowest BCUT2D eigenvalue weighted by molar-refractivity contribution is -0.118. The molecule has 0 aliphatic heterocycles. The van der Waals surface area contributed by atoms with Crippen molar-refractivity contribution in [3.8, 4) is 0 Å². The van der Waals surface area contributed by atoms with E-state index in [2.05, 4.69) is 15.5 Å². The number of pyridine rings is 1. The van der Waals surface area contributed by atoms with Crippen LogP contribution in [-0.4, -0.2) is 16.6 Å². The molecule has 0 spiro atoms. The van der Waals surface area contributed by atoms with Crippen LogP contribution in [0, 0.1) is 0 Å². The first-order valence-electron chi connectivity index (χ1n) is 3.92. The van der Waals surface area contributed by atoms with E-state index in [1.54, 1.807) is 13.1 Å². The molecule has 1 aromatic rings. The van der Waals surface area contributed by atoms with E-state index < -0.39 is 0 Å². The van der Waals surface area contributed by atoms with Crippen molar-refractivity contribution in [2.24, 2.45) is 5.10 Å². The Hall–Kier alpha value is -1.71. The summed E-state index contributed by atoms with van der Waals surface area (Å²) in [5, 5.41) is 3.85. The maximum Gasteiger partial charge on any atom is 0.236 e. The molecule has 0 unspecified atom stereocenters. The van der Waals surface area contributed by atoms with Gasteiger partial charge in [0, 0.05) is 13.1 Å². The molecule has 0 aliphatic rings. The fraction of sp³-hybridized carbons (Fsp3) is 0.222. The Labute approximate surface area is 76.7 Å². The zero-order valence-corrected chi connectivity index (χ0v) is 7.61. The normalized spacial score (nSPS) is 11.1. The number of carbonyl (C=O) groups is 1. The fourth-order valence-electron chi connectivity index (χ4n) is 0.797. The highest BCUT2D eigenvalue weighted by Crippen LogP contribution is 1.94. The molecule has 0 radical (unpaired) electrons. The Morgan fingerprint density at radius 1 is 1.46 bits per heavy atom. The van der Waals surface area contributed by atoms with Gasteiger partial charge in [0.1, 0.15) is 0 Å². The van der Waals surface area contributed by atoms with Crippen molar-refractivity contribution in [2.45, 2.75) is 13.8 Å². The number of nitrogens with zero attached hydrogens (tertiary/aromatic N) is 2. The van der Waals surface area contributed by atoms with Gasteiger partial charge in [-0.3, -0.25) is 9.78 Å². The molecule has 0 aromatic carbocycles. The minimum absolute atomic E-state index is 0.185. The summed E-state index contributed by atoms with van der Waals surface area (Å²) in [6.07, 6.45) is 1.68. The summed E-state index contributed by atoms with van der Waals surface area (Å²) < 4.78 is 0.